The SMILES string of the molecule is CCC(C)[C@@H](c1cccc(F)c1OC)N1CCNCC1.Cl.Cl. The summed E-state index contributed by atoms with van der Waals surface area (Å²) >= 11 is 0. The maximum atomic E-state index is 14.0. The topological polar surface area (TPSA) is 24.5 Å². The van der Waals surface area contributed by atoms with Crippen LogP contribution in [0.15, 0.2) is 18.2 Å². The zero-order chi connectivity index (χ0) is 14.5. The van der Waals surface area contributed by atoms with Crippen LogP contribution in [0.2, 0.25) is 0 Å². The summed E-state index contributed by atoms with van der Waals surface area (Å²) in [6.45, 7) is 8.39. The van der Waals surface area contributed by atoms with Crippen molar-refractivity contribution in [2.45, 2.75) is 26.3 Å². The second-order valence-corrected chi connectivity index (χ2v) is 5.48. The molecule has 1 saturated heterocycles. The Bertz CT molecular complexity index is 442. The fourth-order valence-corrected chi connectivity index (χ4v) is 3.02. The summed E-state index contributed by atoms with van der Waals surface area (Å²) in [6, 6.07) is 5.46. The summed E-state index contributed by atoms with van der Waals surface area (Å²) in [4.78, 5) is 2.45. The highest BCUT2D eigenvalue weighted by Gasteiger charge is 2.29. The van der Waals surface area contributed by atoms with E-state index in [9.17, 15) is 4.39 Å². The lowest BCUT2D eigenvalue weighted by Gasteiger charge is -2.39. The molecule has 1 unspecified atom stereocenters. The van der Waals surface area contributed by atoms with Gasteiger partial charge in [-0.05, 0) is 12.0 Å². The molecular formula is C16H27Cl2FN2O. The maximum absolute atomic E-state index is 14.0. The monoisotopic (exact) mass is 352 g/mol. The molecule has 0 bridgehead atoms. The zero-order valence-electron chi connectivity index (χ0n) is 13.5. The van der Waals surface area contributed by atoms with Crippen LogP contribution in [0.5, 0.6) is 5.75 Å². The number of rotatable bonds is 5. The summed E-state index contributed by atoms with van der Waals surface area (Å²) in [5, 5.41) is 3.37. The Morgan fingerprint density at radius 1 is 1.27 bits per heavy atom. The van der Waals surface area contributed by atoms with E-state index in [1.165, 1.54) is 6.07 Å². The Morgan fingerprint density at radius 3 is 2.45 bits per heavy atom. The smallest absolute Gasteiger partial charge is 0.165 e. The van der Waals surface area contributed by atoms with Gasteiger partial charge >= 0.3 is 0 Å². The molecule has 1 aliphatic rings. The molecule has 1 aromatic rings. The molecule has 1 N–H and O–H groups in total. The molecule has 22 heavy (non-hydrogen) atoms. The van der Waals surface area contributed by atoms with Crippen LogP contribution in [0, 0.1) is 11.7 Å². The number of para-hydroxylation sites is 1. The third-order valence-electron chi connectivity index (χ3n) is 4.25. The normalized spacial score (nSPS) is 17.8. The first-order valence-electron chi connectivity index (χ1n) is 7.46. The molecule has 1 fully saturated rings. The molecule has 128 valence electrons. The Hall–Kier alpha value is -0.550. The number of piperazine rings is 1. The zero-order valence-corrected chi connectivity index (χ0v) is 15.1. The third kappa shape index (κ3) is 4.72. The Morgan fingerprint density at radius 2 is 1.91 bits per heavy atom. The minimum absolute atomic E-state index is 0. The Balaban J connectivity index is 0.00000220. The van der Waals surface area contributed by atoms with Gasteiger partial charge in [-0.3, -0.25) is 4.90 Å². The molecule has 6 heteroatoms. The first kappa shape index (κ1) is 21.4. The van der Waals surface area contributed by atoms with Crippen LogP contribution < -0.4 is 10.1 Å². The van der Waals surface area contributed by atoms with Crippen molar-refractivity contribution in [3.8, 4) is 5.75 Å². The van der Waals surface area contributed by atoms with Gasteiger partial charge in [0, 0.05) is 37.8 Å². The molecule has 0 aromatic heterocycles. The van der Waals surface area contributed by atoms with Gasteiger partial charge < -0.3 is 10.1 Å². The van der Waals surface area contributed by atoms with E-state index in [1.54, 1.807) is 13.2 Å². The standard InChI is InChI=1S/C16H25FN2O.2ClH/c1-4-12(2)15(19-10-8-18-9-11-19)13-6-5-7-14(17)16(13)20-3;;/h5-7,12,15,18H,4,8-11H2,1-3H3;2*1H/t12?,15-;;/m0../s1. The number of nitrogens with zero attached hydrogens (tertiary/aromatic N) is 1. The molecule has 1 aromatic carbocycles. The van der Waals surface area contributed by atoms with Crippen LogP contribution in [0.3, 0.4) is 0 Å². The molecule has 0 aliphatic carbocycles. The average Bonchev–Trinajstić information content (AvgIpc) is 2.48. The van der Waals surface area contributed by atoms with Gasteiger partial charge in [-0.15, -0.1) is 24.8 Å². The lowest BCUT2D eigenvalue weighted by molar-refractivity contribution is 0.125. The summed E-state index contributed by atoms with van der Waals surface area (Å²) in [7, 11) is 1.55. The van der Waals surface area contributed by atoms with Gasteiger partial charge in [0.2, 0.25) is 0 Å². The molecule has 1 heterocycles. The van der Waals surface area contributed by atoms with E-state index in [-0.39, 0.29) is 36.7 Å². The predicted octanol–water partition coefficient (Wildman–Crippen LogP) is 3.67. The highest BCUT2D eigenvalue weighted by Crippen LogP contribution is 2.37. The number of methoxy groups -OCH3 is 1. The summed E-state index contributed by atoms with van der Waals surface area (Å²) in [5.74, 6) is 0.591. The van der Waals surface area contributed by atoms with Crippen LogP contribution in [-0.4, -0.2) is 38.2 Å². The number of halogens is 3. The van der Waals surface area contributed by atoms with Crippen molar-refractivity contribution in [2.24, 2.45) is 5.92 Å². The van der Waals surface area contributed by atoms with E-state index < -0.39 is 0 Å². The van der Waals surface area contributed by atoms with Crippen molar-refractivity contribution in [2.75, 3.05) is 33.3 Å². The third-order valence-corrected chi connectivity index (χ3v) is 4.25. The number of benzene rings is 1. The Labute approximate surface area is 145 Å². The molecule has 0 radical (unpaired) electrons. The Kier molecular flexibility index (Phi) is 10.0. The van der Waals surface area contributed by atoms with Crippen molar-refractivity contribution in [3.63, 3.8) is 0 Å². The van der Waals surface area contributed by atoms with Crippen LogP contribution in [-0.2, 0) is 0 Å². The summed E-state index contributed by atoms with van der Waals surface area (Å²) < 4.78 is 19.3. The van der Waals surface area contributed by atoms with Crippen LogP contribution >= 0.6 is 24.8 Å². The van der Waals surface area contributed by atoms with Gasteiger partial charge in [0.05, 0.1) is 7.11 Å². The van der Waals surface area contributed by atoms with E-state index in [4.69, 9.17) is 4.74 Å². The molecule has 2 atom stereocenters. The van der Waals surface area contributed by atoms with Gasteiger partial charge in [-0.1, -0.05) is 32.4 Å². The summed E-state index contributed by atoms with van der Waals surface area (Å²) in [5.41, 5.74) is 0.976. The van der Waals surface area contributed by atoms with E-state index in [1.807, 2.05) is 6.07 Å². The molecule has 2 rings (SSSR count). The quantitative estimate of drug-likeness (QED) is 0.874. The first-order chi connectivity index (χ1) is 9.69. The minimum atomic E-state index is -0.270. The van der Waals surface area contributed by atoms with Crippen molar-refractivity contribution in [1.82, 2.24) is 10.2 Å². The molecule has 0 amide bonds. The number of hydrogen-bond acceptors (Lipinski definition) is 3. The lowest BCUT2D eigenvalue weighted by Crippen LogP contribution is -2.46. The highest BCUT2D eigenvalue weighted by atomic mass is 35.5. The molecule has 3 nitrogen and oxygen atoms in total. The number of hydrogen-bond donors (Lipinski definition) is 1. The second-order valence-electron chi connectivity index (χ2n) is 5.48. The first-order valence-corrected chi connectivity index (χ1v) is 7.46. The summed E-state index contributed by atoms with van der Waals surface area (Å²) in [6.07, 6.45) is 1.06. The van der Waals surface area contributed by atoms with Crippen molar-refractivity contribution < 1.29 is 9.13 Å². The molecular weight excluding hydrogens is 326 g/mol. The van der Waals surface area contributed by atoms with Crippen molar-refractivity contribution >= 4 is 24.8 Å². The van der Waals surface area contributed by atoms with Crippen LogP contribution in [0.25, 0.3) is 0 Å². The lowest BCUT2D eigenvalue weighted by atomic mass is 9.90. The largest absolute Gasteiger partial charge is 0.493 e. The molecule has 0 saturated carbocycles. The predicted molar refractivity (Wildman–Crippen MR) is 94.1 cm³/mol. The van der Waals surface area contributed by atoms with Gasteiger partial charge in [0.15, 0.2) is 11.6 Å². The molecule has 1 aliphatic heterocycles. The van der Waals surface area contributed by atoms with E-state index in [0.717, 1.165) is 38.2 Å². The van der Waals surface area contributed by atoms with Gasteiger partial charge in [0.1, 0.15) is 0 Å². The van der Waals surface area contributed by atoms with Crippen LogP contribution in [0.1, 0.15) is 31.9 Å². The van der Waals surface area contributed by atoms with Gasteiger partial charge in [-0.25, -0.2) is 4.39 Å². The van der Waals surface area contributed by atoms with Gasteiger partial charge in [-0.2, -0.15) is 0 Å². The van der Waals surface area contributed by atoms with Crippen molar-refractivity contribution in [1.29, 1.82) is 0 Å². The maximum Gasteiger partial charge on any atom is 0.165 e. The minimum Gasteiger partial charge on any atom is -0.493 e. The fraction of sp³-hybridized carbons (Fsp3) is 0.625. The number of ether oxygens (including phenoxy) is 1. The van der Waals surface area contributed by atoms with Crippen LogP contribution in [0.4, 0.5) is 4.39 Å². The molecule has 0 spiro atoms. The van der Waals surface area contributed by atoms with Crippen molar-refractivity contribution in [3.05, 3.63) is 29.6 Å². The van der Waals surface area contributed by atoms with E-state index in [2.05, 4.69) is 24.1 Å². The fourth-order valence-electron chi connectivity index (χ4n) is 3.02. The average molecular weight is 353 g/mol. The van der Waals surface area contributed by atoms with E-state index in [0.29, 0.717) is 11.7 Å². The second kappa shape index (κ2) is 10.3. The number of nitrogens with one attached hydrogen (secondary N) is 1. The van der Waals surface area contributed by atoms with Gasteiger partial charge in [0.25, 0.3) is 0 Å². The highest BCUT2D eigenvalue weighted by molar-refractivity contribution is 5.85. The van der Waals surface area contributed by atoms with E-state index >= 15 is 0 Å².